The molecule has 134 valence electrons. The number of esters is 1. The van der Waals surface area contributed by atoms with Crippen LogP contribution in [0.15, 0.2) is 76.2 Å². The maximum absolute atomic E-state index is 12.2. The van der Waals surface area contributed by atoms with Crippen LogP contribution in [-0.4, -0.2) is 15.7 Å². The Kier molecular flexibility index (Phi) is 4.48. The Bertz CT molecular complexity index is 1170. The first-order valence-corrected chi connectivity index (χ1v) is 8.47. The van der Waals surface area contributed by atoms with Crippen LogP contribution in [0.2, 0.25) is 5.02 Å². The molecule has 6 nitrogen and oxygen atoms in total. The van der Waals surface area contributed by atoms with Crippen LogP contribution in [-0.2, 0) is 11.3 Å². The van der Waals surface area contributed by atoms with Gasteiger partial charge in [-0.05, 0) is 42.0 Å². The molecule has 0 unspecified atom stereocenters. The van der Waals surface area contributed by atoms with Gasteiger partial charge in [0.05, 0.1) is 11.1 Å². The van der Waals surface area contributed by atoms with Crippen molar-refractivity contribution in [2.24, 2.45) is 0 Å². The van der Waals surface area contributed by atoms with E-state index in [2.05, 4.69) is 5.10 Å². The quantitative estimate of drug-likeness (QED) is 0.500. The molecule has 2 aromatic heterocycles. The Labute approximate surface area is 158 Å². The van der Waals surface area contributed by atoms with Gasteiger partial charge in [-0.2, -0.15) is 5.10 Å². The summed E-state index contributed by atoms with van der Waals surface area (Å²) in [6.07, 6.45) is 3.53. The van der Waals surface area contributed by atoms with E-state index in [1.807, 2.05) is 36.5 Å². The zero-order chi connectivity index (χ0) is 18.8. The third-order valence-corrected chi connectivity index (χ3v) is 4.20. The minimum Gasteiger partial charge on any atom is -0.455 e. The highest BCUT2D eigenvalue weighted by atomic mass is 35.5. The number of hydrogen-bond acceptors (Lipinski definition) is 5. The topological polar surface area (TPSA) is 74.3 Å². The van der Waals surface area contributed by atoms with Crippen LogP contribution in [0.3, 0.4) is 0 Å². The van der Waals surface area contributed by atoms with Gasteiger partial charge in [0.25, 0.3) is 0 Å². The molecule has 4 aromatic rings. The standard InChI is InChI=1S/C20H13ClN2O4/c21-14-4-7-18-16(10-14)17(24)11-19(27-18)20(25)26-12-13-2-5-15(6-3-13)23-9-1-8-22-23/h1-11H,12H2. The number of carbonyl (C=O) groups is 1. The van der Waals surface area contributed by atoms with Crippen LogP contribution in [0.1, 0.15) is 16.1 Å². The normalized spacial score (nSPS) is 10.9. The van der Waals surface area contributed by atoms with Gasteiger partial charge in [0.1, 0.15) is 12.2 Å². The maximum Gasteiger partial charge on any atom is 0.374 e. The van der Waals surface area contributed by atoms with Crippen molar-refractivity contribution in [2.45, 2.75) is 6.61 Å². The third-order valence-electron chi connectivity index (χ3n) is 3.97. The highest BCUT2D eigenvalue weighted by Gasteiger charge is 2.14. The predicted molar refractivity (Wildman–Crippen MR) is 100 cm³/mol. The van der Waals surface area contributed by atoms with Crippen molar-refractivity contribution in [3.05, 3.63) is 93.6 Å². The molecule has 0 amide bonds. The molecule has 0 aliphatic carbocycles. The van der Waals surface area contributed by atoms with E-state index in [0.717, 1.165) is 17.3 Å². The van der Waals surface area contributed by atoms with E-state index in [0.29, 0.717) is 10.4 Å². The van der Waals surface area contributed by atoms with Gasteiger partial charge >= 0.3 is 5.97 Å². The van der Waals surface area contributed by atoms with E-state index in [1.54, 1.807) is 23.0 Å². The molecule has 27 heavy (non-hydrogen) atoms. The molecule has 2 heterocycles. The van der Waals surface area contributed by atoms with E-state index in [1.165, 1.54) is 6.07 Å². The van der Waals surface area contributed by atoms with Gasteiger partial charge in [-0.3, -0.25) is 4.79 Å². The van der Waals surface area contributed by atoms with Crippen LogP contribution in [0.4, 0.5) is 0 Å². The second kappa shape index (κ2) is 7.09. The average molecular weight is 381 g/mol. The zero-order valence-electron chi connectivity index (χ0n) is 14.0. The van der Waals surface area contributed by atoms with Gasteiger partial charge in [-0.1, -0.05) is 23.7 Å². The molecular formula is C20H13ClN2O4. The Hall–Kier alpha value is -3.38. The number of ether oxygens (including phenoxy) is 1. The third kappa shape index (κ3) is 3.61. The number of rotatable bonds is 4. The van der Waals surface area contributed by atoms with Crippen LogP contribution >= 0.6 is 11.6 Å². The van der Waals surface area contributed by atoms with E-state index in [9.17, 15) is 9.59 Å². The SMILES string of the molecule is O=C(OCc1ccc(-n2cccn2)cc1)c1cc(=O)c2cc(Cl)ccc2o1. The van der Waals surface area contributed by atoms with Crippen molar-refractivity contribution in [3.8, 4) is 5.69 Å². The lowest BCUT2D eigenvalue weighted by atomic mass is 10.2. The zero-order valence-corrected chi connectivity index (χ0v) is 14.7. The van der Waals surface area contributed by atoms with Crippen molar-refractivity contribution in [3.63, 3.8) is 0 Å². The predicted octanol–water partition coefficient (Wildman–Crippen LogP) is 3.99. The summed E-state index contributed by atoms with van der Waals surface area (Å²) in [5, 5.41) is 4.88. The second-order valence-electron chi connectivity index (χ2n) is 5.81. The Morgan fingerprint density at radius 1 is 1.15 bits per heavy atom. The number of nitrogens with zero attached hydrogens (tertiary/aromatic N) is 2. The summed E-state index contributed by atoms with van der Waals surface area (Å²) in [6, 6.07) is 15.0. The number of benzene rings is 2. The van der Waals surface area contributed by atoms with Crippen LogP contribution in [0.5, 0.6) is 0 Å². The summed E-state index contributed by atoms with van der Waals surface area (Å²) in [4.78, 5) is 24.4. The van der Waals surface area contributed by atoms with E-state index < -0.39 is 5.97 Å². The lowest BCUT2D eigenvalue weighted by molar-refractivity contribution is 0.0436. The lowest BCUT2D eigenvalue weighted by Gasteiger charge is -2.07. The number of aromatic nitrogens is 2. The Balaban J connectivity index is 1.48. The van der Waals surface area contributed by atoms with Crippen molar-refractivity contribution < 1.29 is 13.9 Å². The van der Waals surface area contributed by atoms with E-state index >= 15 is 0 Å². The molecule has 0 saturated carbocycles. The van der Waals surface area contributed by atoms with E-state index in [-0.39, 0.29) is 23.4 Å². The van der Waals surface area contributed by atoms with Crippen LogP contribution < -0.4 is 5.43 Å². The highest BCUT2D eigenvalue weighted by Crippen LogP contribution is 2.18. The summed E-state index contributed by atoms with van der Waals surface area (Å²) in [6.45, 7) is 0.0561. The fourth-order valence-electron chi connectivity index (χ4n) is 2.62. The number of halogens is 1. The maximum atomic E-state index is 12.2. The largest absolute Gasteiger partial charge is 0.455 e. The number of fused-ring (bicyclic) bond motifs is 1. The number of carbonyl (C=O) groups excluding carboxylic acids is 1. The van der Waals surface area contributed by atoms with Gasteiger partial charge in [0.2, 0.25) is 5.76 Å². The molecule has 7 heteroatoms. The number of hydrogen-bond donors (Lipinski definition) is 0. The average Bonchev–Trinajstić information content (AvgIpc) is 3.22. The van der Waals surface area contributed by atoms with Gasteiger partial charge in [-0.25, -0.2) is 9.48 Å². The summed E-state index contributed by atoms with van der Waals surface area (Å²) >= 11 is 5.88. The molecule has 0 atom stereocenters. The molecule has 0 radical (unpaired) electrons. The minimum atomic E-state index is -0.708. The summed E-state index contributed by atoms with van der Waals surface area (Å²) < 4.78 is 12.5. The molecule has 0 aliphatic rings. The van der Waals surface area contributed by atoms with Crippen molar-refractivity contribution >= 4 is 28.5 Å². The fraction of sp³-hybridized carbons (Fsp3) is 0.0500. The summed E-state index contributed by atoms with van der Waals surface area (Å²) in [5.41, 5.74) is 1.63. The summed E-state index contributed by atoms with van der Waals surface area (Å²) in [7, 11) is 0. The van der Waals surface area contributed by atoms with Gasteiger partial charge in [-0.15, -0.1) is 0 Å². The lowest BCUT2D eigenvalue weighted by Crippen LogP contribution is -2.10. The molecule has 4 rings (SSSR count). The first-order valence-electron chi connectivity index (χ1n) is 8.10. The van der Waals surface area contributed by atoms with E-state index in [4.69, 9.17) is 20.8 Å². The van der Waals surface area contributed by atoms with Crippen molar-refractivity contribution in [1.29, 1.82) is 0 Å². The molecule has 0 fully saturated rings. The van der Waals surface area contributed by atoms with Crippen LogP contribution in [0, 0.1) is 0 Å². The minimum absolute atomic E-state index is 0.0561. The molecule has 0 aliphatic heterocycles. The van der Waals surface area contributed by atoms with Crippen molar-refractivity contribution in [2.75, 3.05) is 0 Å². The Morgan fingerprint density at radius 2 is 1.96 bits per heavy atom. The summed E-state index contributed by atoms with van der Waals surface area (Å²) in [5.74, 6) is -0.858. The Morgan fingerprint density at radius 3 is 2.70 bits per heavy atom. The van der Waals surface area contributed by atoms with Gasteiger partial charge < -0.3 is 9.15 Å². The molecular weight excluding hydrogens is 368 g/mol. The van der Waals surface area contributed by atoms with Crippen LogP contribution in [0.25, 0.3) is 16.7 Å². The molecule has 2 aromatic carbocycles. The second-order valence-corrected chi connectivity index (χ2v) is 6.25. The highest BCUT2D eigenvalue weighted by molar-refractivity contribution is 6.31. The first-order chi connectivity index (χ1) is 13.1. The van der Waals surface area contributed by atoms with Gasteiger partial charge in [0, 0.05) is 23.5 Å². The molecule has 0 spiro atoms. The fourth-order valence-corrected chi connectivity index (χ4v) is 2.79. The monoisotopic (exact) mass is 380 g/mol. The van der Waals surface area contributed by atoms with Crippen molar-refractivity contribution in [1.82, 2.24) is 9.78 Å². The first kappa shape index (κ1) is 17.1. The van der Waals surface area contributed by atoms with Gasteiger partial charge in [0.15, 0.2) is 5.43 Å². The smallest absolute Gasteiger partial charge is 0.374 e. The molecule has 0 saturated heterocycles. The molecule has 0 N–H and O–H groups in total. The molecule has 0 bridgehead atoms.